The summed E-state index contributed by atoms with van der Waals surface area (Å²) in [4.78, 5) is 4.69. The van der Waals surface area contributed by atoms with Crippen molar-refractivity contribution in [3.8, 4) is 0 Å². The Kier molecular flexibility index (Phi) is 2.95. The van der Waals surface area contributed by atoms with Crippen LogP contribution in [0.5, 0.6) is 0 Å². The molecule has 3 heteroatoms. The smallest absolute Gasteiger partial charge is 0.123 e. The SMILES string of the molecule is Cc1ccc(N2C=C(Cl)N(C3CC4CCC3C4)C2)cc1. The molecule has 0 radical (unpaired) electrons. The lowest BCUT2D eigenvalue weighted by molar-refractivity contribution is 0.209. The lowest BCUT2D eigenvalue weighted by Crippen LogP contribution is -2.38. The fourth-order valence-electron chi connectivity index (χ4n) is 4.22. The summed E-state index contributed by atoms with van der Waals surface area (Å²) in [6, 6.07) is 9.36. The second-order valence-electron chi connectivity index (χ2n) is 6.61. The Morgan fingerprint density at radius 2 is 1.90 bits per heavy atom. The molecule has 0 amide bonds. The molecule has 1 aliphatic heterocycles. The number of halogens is 1. The topological polar surface area (TPSA) is 6.48 Å². The van der Waals surface area contributed by atoms with E-state index in [0.29, 0.717) is 6.04 Å². The Bertz CT molecular complexity index is 536. The molecule has 2 aliphatic carbocycles. The van der Waals surface area contributed by atoms with Gasteiger partial charge in [0.1, 0.15) is 5.16 Å². The van der Waals surface area contributed by atoms with Gasteiger partial charge in [0.15, 0.2) is 0 Å². The van der Waals surface area contributed by atoms with Crippen LogP contribution in [0.4, 0.5) is 5.69 Å². The van der Waals surface area contributed by atoms with E-state index in [1.54, 1.807) is 0 Å². The Hall–Kier alpha value is -1.15. The predicted octanol–water partition coefficient (Wildman–Crippen LogP) is 4.30. The Balaban J connectivity index is 1.52. The molecule has 3 unspecified atom stereocenters. The fourth-order valence-corrected chi connectivity index (χ4v) is 4.52. The zero-order valence-corrected chi connectivity index (χ0v) is 12.7. The van der Waals surface area contributed by atoms with Gasteiger partial charge in [-0.05, 0) is 50.2 Å². The van der Waals surface area contributed by atoms with Gasteiger partial charge in [-0.1, -0.05) is 35.7 Å². The molecule has 1 heterocycles. The highest BCUT2D eigenvalue weighted by Crippen LogP contribution is 2.48. The minimum Gasteiger partial charge on any atom is -0.340 e. The first-order valence-electron chi connectivity index (χ1n) is 7.68. The molecule has 106 valence electrons. The van der Waals surface area contributed by atoms with E-state index in [-0.39, 0.29) is 0 Å². The van der Waals surface area contributed by atoms with Crippen molar-refractivity contribution >= 4 is 17.3 Å². The van der Waals surface area contributed by atoms with Crippen LogP contribution in [0.25, 0.3) is 0 Å². The molecule has 3 atom stereocenters. The van der Waals surface area contributed by atoms with Gasteiger partial charge in [-0.2, -0.15) is 0 Å². The second kappa shape index (κ2) is 4.70. The molecule has 4 rings (SSSR count). The van der Waals surface area contributed by atoms with Gasteiger partial charge in [0.25, 0.3) is 0 Å². The van der Waals surface area contributed by atoms with E-state index in [4.69, 9.17) is 11.6 Å². The minimum absolute atomic E-state index is 0.674. The molecular formula is C17H21ClN2. The lowest BCUT2D eigenvalue weighted by atomic mass is 9.94. The molecule has 0 aromatic heterocycles. The molecule has 0 saturated heterocycles. The molecule has 3 aliphatic rings. The van der Waals surface area contributed by atoms with Crippen molar-refractivity contribution in [2.24, 2.45) is 11.8 Å². The van der Waals surface area contributed by atoms with E-state index in [0.717, 1.165) is 23.7 Å². The zero-order chi connectivity index (χ0) is 13.7. The number of hydrogen-bond donors (Lipinski definition) is 0. The summed E-state index contributed by atoms with van der Waals surface area (Å²) < 4.78 is 0. The number of aryl methyl sites for hydroxylation is 1. The average Bonchev–Trinajstić information content (AvgIpc) is 3.14. The summed E-state index contributed by atoms with van der Waals surface area (Å²) in [7, 11) is 0. The maximum atomic E-state index is 6.52. The highest BCUT2D eigenvalue weighted by atomic mass is 35.5. The number of anilines is 1. The van der Waals surface area contributed by atoms with Crippen molar-refractivity contribution in [3.05, 3.63) is 41.2 Å². The lowest BCUT2D eigenvalue weighted by Gasteiger charge is -2.33. The van der Waals surface area contributed by atoms with Crippen molar-refractivity contribution < 1.29 is 0 Å². The van der Waals surface area contributed by atoms with E-state index in [1.807, 2.05) is 0 Å². The standard InChI is InChI=1S/C17H21ClN2/c1-12-2-6-15(7-3-12)19-10-17(18)20(11-19)16-9-13-4-5-14(16)8-13/h2-3,6-7,10,13-14,16H,4-5,8-9,11H2,1H3. The first-order chi connectivity index (χ1) is 9.70. The van der Waals surface area contributed by atoms with Crippen molar-refractivity contribution in [1.29, 1.82) is 0 Å². The third-order valence-electron chi connectivity index (χ3n) is 5.31. The third-order valence-corrected chi connectivity index (χ3v) is 5.62. The van der Waals surface area contributed by atoms with Gasteiger partial charge in [0.2, 0.25) is 0 Å². The highest BCUT2D eigenvalue weighted by Gasteiger charge is 2.44. The number of fused-ring (bicyclic) bond motifs is 2. The monoisotopic (exact) mass is 288 g/mol. The zero-order valence-electron chi connectivity index (χ0n) is 11.9. The van der Waals surface area contributed by atoms with Gasteiger partial charge in [0, 0.05) is 17.9 Å². The van der Waals surface area contributed by atoms with Crippen molar-refractivity contribution in [3.63, 3.8) is 0 Å². The minimum atomic E-state index is 0.674. The molecule has 1 aromatic rings. The maximum absolute atomic E-state index is 6.52. The Labute approximate surface area is 126 Å². The van der Waals surface area contributed by atoms with Crippen LogP contribution in [0.1, 0.15) is 31.2 Å². The van der Waals surface area contributed by atoms with Crippen LogP contribution in [-0.4, -0.2) is 17.6 Å². The van der Waals surface area contributed by atoms with Crippen LogP contribution in [0.15, 0.2) is 35.6 Å². The van der Waals surface area contributed by atoms with E-state index >= 15 is 0 Å². The highest BCUT2D eigenvalue weighted by molar-refractivity contribution is 6.29. The largest absolute Gasteiger partial charge is 0.340 e. The van der Waals surface area contributed by atoms with Gasteiger partial charge in [-0.25, -0.2) is 0 Å². The quantitative estimate of drug-likeness (QED) is 0.749. The van der Waals surface area contributed by atoms with Crippen LogP contribution in [0.2, 0.25) is 0 Å². The van der Waals surface area contributed by atoms with Crippen LogP contribution in [0, 0.1) is 18.8 Å². The summed E-state index contributed by atoms with van der Waals surface area (Å²) in [5.74, 6) is 1.84. The molecule has 2 fully saturated rings. The number of nitrogens with zero attached hydrogens (tertiary/aromatic N) is 2. The normalized spacial score (nSPS) is 32.1. The molecule has 2 nitrogen and oxygen atoms in total. The van der Waals surface area contributed by atoms with Gasteiger partial charge < -0.3 is 9.80 Å². The number of benzene rings is 1. The molecule has 0 N–H and O–H groups in total. The first-order valence-corrected chi connectivity index (χ1v) is 8.06. The fraction of sp³-hybridized carbons (Fsp3) is 0.529. The molecule has 2 bridgehead atoms. The molecule has 20 heavy (non-hydrogen) atoms. The van der Waals surface area contributed by atoms with Crippen LogP contribution >= 0.6 is 11.6 Å². The van der Waals surface area contributed by atoms with Crippen molar-refractivity contribution in [2.45, 2.75) is 38.6 Å². The maximum Gasteiger partial charge on any atom is 0.123 e. The van der Waals surface area contributed by atoms with Crippen molar-refractivity contribution in [2.75, 3.05) is 11.6 Å². The molecular weight excluding hydrogens is 268 g/mol. The Morgan fingerprint density at radius 1 is 1.10 bits per heavy atom. The summed E-state index contributed by atoms with van der Waals surface area (Å²) >= 11 is 6.52. The molecule has 1 aromatic carbocycles. The third kappa shape index (κ3) is 2.01. The summed E-state index contributed by atoms with van der Waals surface area (Å²) in [5, 5.41) is 0.920. The van der Waals surface area contributed by atoms with E-state index in [9.17, 15) is 0 Å². The predicted molar refractivity (Wildman–Crippen MR) is 83.5 cm³/mol. The van der Waals surface area contributed by atoms with Gasteiger partial charge in [0.05, 0.1) is 6.67 Å². The van der Waals surface area contributed by atoms with Crippen LogP contribution in [-0.2, 0) is 0 Å². The summed E-state index contributed by atoms with van der Waals surface area (Å²) in [5.41, 5.74) is 2.53. The summed E-state index contributed by atoms with van der Waals surface area (Å²) in [6.07, 6.45) is 7.71. The molecule has 2 saturated carbocycles. The van der Waals surface area contributed by atoms with E-state index < -0.39 is 0 Å². The van der Waals surface area contributed by atoms with Crippen LogP contribution in [0.3, 0.4) is 0 Å². The van der Waals surface area contributed by atoms with E-state index in [1.165, 1.54) is 36.9 Å². The summed E-state index contributed by atoms with van der Waals surface area (Å²) in [6.45, 7) is 3.04. The van der Waals surface area contributed by atoms with E-state index in [2.05, 4.69) is 47.2 Å². The Morgan fingerprint density at radius 3 is 2.55 bits per heavy atom. The molecule has 0 spiro atoms. The average molecular weight is 289 g/mol. The number of rotatable bonds is 2. The van der Waals surface area contributed by atoms with Crippen LogP contribution < -0.4 is 4.90 Å². The first kappa shape index (κ1) is 12.6. The van der Waals surface area contributed by atoms with Gasteiger partial charge in [-0.15, -0.1) is 0 Å². The number of hydrogen-bond acceptors (Lipinski definition) is 2. The van der Waals surface area contributed by atoms with Crippen molar-refractivity contribution in [1.82, 2.24) is 4.90 Å². The van der Waals surface area contributed by atoms with Gasteiger partial charge >= 0.3 is 0 Å². The second-order valence-corrected chi connectivity index (χ2v) is 7.00. The van der Waals surface area contributed by atoms with Gasteiger partial charge in [-0.3, -0.25) is 0 Å².